The minimum absolute atomic E-state index is 0.0104. The van der Waals surface area contributed by atoms with E-state index in [1.165, 1.54) is 0 Å². The zero-order valence-electron chi connectivity index (χ0n) is 12.0. The van der Waals surface area contributed by atoms with E-state index >= 15 is 0 Å². The first kappa shape index (κ1) is 16.5. The Morgan fingerprint density at radius 3 is 2.95 bits per heavy atom. The van der Waals surface area contributed by atoms with Crippen molar-refractivity contribution < 1.29 is 9.00 Å². The van der Waals surface area contributed by atoms with E-state index in [4.69, 9.17) is 11.6 Å². The number of carbonyl (C=O) groups is 1. The lowest BCUT2D eigenvalue weighted by molar-refractivity contribution is -0.120. The van der Waals surface area contributed by atoms with Crippen LogP contribution in [0.5, 0.6) is 0 Å². The monoisotopic (exact) mass is 343 g/mol. The number of amides is 1. The van der Waals surface area contributed by atoms with Crippen molar-refractivity contribution in [1.29, 1.82) is 0 Å². The fourth-order valence-electron chi connectivity index (χ4n) is 2.01. The van der Waals surface area contributed by atoms with Gasteiger partial charge < -0.3 is 5.32 Å². The van der Waals surface area contributed by atoms with Gasteiger partial charge in [-0.05, 0) is 40.9 Å². The van der Waals surface area contributed by atoms with Crippen molar-refractivity contribution in [2.45, 2.75) is 25.0 Å². The Balaban J connectivity index is 1.92. The van der Waals surface area contributed by atoms with Crippen LogP contribution in [-0.4, -0.2) is 28.2 Å². The first-order valence-electron chi connectivity index (χ1n) is 6.72. The Kier molecular flexibility index (Phi) is 5.79. The maximum absolute atomic E-state index is 12.0. The van der Waals surface area contributed by atoms with Gasteiger partial charge >= 0.3 is 0 Å². The molecule has 21 heavy (non-hydrogen) atoms. The molecule has 0 aliphatic heterocycles. The fourth-order valence-corrected chi connectivity index (χ4v) is 3.57. The number of hydrogen-bond acceptors (Lipinski definition) is 3. The topological polar surface area (TPSA) is 46.2 Å². The Morgan fingerprint density at radius 1 is 1.48 bits per heavy atom. The minimum Gasteiger partial charge on any atom is -0.356 e. The van der Waals surface area contributed by atoms with Gasteiger partial charge in [0.1, 0.15) is 0 Å². The van der Waals surface area contributed by atoms with Crippen molar-refractivity contribution in [3.8, 4) is 0 Å². The van der Waals surface area contributed by atoms with Gasteiger partial charge in [-0.2, -0.15) is 0 Å². The SMILES string of the molecule is C[C@H](CCNC(=O)Cc1csc2ccc(Cl)cc12)[S@](C)=O. The quantitative estimate of drug-likeness (QED) is 0.874. The van der Waals surface area contributed by atoms with Crippen molar-refractivity contribution in [3.05, 3.63) is 34.2 Å². The van der Waals surface area contributed by atoms with Gasteiger partial charge in [0, 0.05) is 38.6 Å². The molecule has 0 saturated carbocycles. The molecule has 0 bridgehead atoms. The van der Waals surface area contributed by atoms with Crippen molar-refractivity contribution >= 4 is 49.7 Å². The van der Waals surface area contributed by atoms with Crippen LogP contribution in [0, 0.1) is 0 Å². The highest BCUT2D eigenvalue weighted by Crippen LogP contribution is 2.28. The fraction of sp³-hybridized carbons (Fsp3) is 0.400. The van der Waals surface area contributed by atoms with Gasteiger partial charge in [0.2, 0.25) is 5.91 Å². The largest absolute Gasteiger partial charge is 0.356 e. The third-order valence-corrected chi connectivity index (χ3v) is 6.02. The minimum atomic E-state index is -0.842. The molecule has 0 aliphatic rings. The van der Waals surface area contributed by atoms with E-state index in [1.807, 2.05) is 30.5 Å². The summed E-state index contributed by atoms with van der Waals surface area (Å²) in [6.07, 6.45) is 2.77. The molecule has 6 heteroatoms. The van der Waals surface area contributed by atoms with Crippen LogP contribution in [0.1, 0.15) is 18.9 Å². The predicted molar refractivity (Wildman–Crippen MR) is 91.7 cm³/mol. The molecule has 2 rings (SSSR count). The maximum atomic E-state index is 12.0. The van der Waals surface area contributed by atoms with E-state index in [2.05, 4.69) is 5.32 Å². The van der Waals surface area contributed by atoms with Crippen molar-refractivity contribution in [1.82, 2.24) is 5.32 Å². The smallest absolute Gasteiger partial charge is 0.224 e. The molecule has 2 aromatic rings. The molecule has 0 fully saturated rings. The standard InChI is InChI=1S/C15H18ClNO2S2/c1-10(21(2)19)5-6-17-15(18)7-11-9-20-14-4-3-12(16)8-13(11)14/h3-4,8-10H,5-7H2,1-2H3,(H,17,18)/t10-,21+/m1/s1. The molecule has 0 unspecified atom stereocenters. The van der Waals surface area contributed by atoms with Gasteiger partial charge in [-0.3, -0.25) is 9.00 Å². The number of halogens is 1. The predicted octanol–water partition coefficient (Wildman–Crippen LogP) is 3.37. The Morgan fingerprint density at radius 2 is 2.24 bits per heavy atom. The van der Waals surface area contributed by atoms with Crippen LogP contribution in [0.4, 0.5) is 0 Å². The Labute approximate surface area is 136 Å². The summed E-state index contributed by atoms with van der Waals surface area (Å²) < 4.78 is 12.4. The van der Waals surface area contributed by atoms with Gasteiger partial charge in [0.25, 0.3) is 0 Å². The van der Waals surface area contributed by atoms with Gasteiger partial charge in [-0.1, -0.05) is 18.5 Å². The number of hydrogen-bond donors (Lipinski definition) is 1. The second-order valence-electron chi connectivity index (χ2n) is 5.03. The summed E-state index contributed by atoms with van der Waals surface area (Å²) >= 11 is 7.63. The van der Waals surface area contributed by atoms with Crippen LogP contribution in [0.2, 0.25) is 5.02 Å². The second kappa shape index (κ2) is 7.38. The number of thiophene rings is 1. The number of nitrogens with one attached hydrogen (secondary N) is 1. The molecule has 0 radical (unpaired) electrons. The van der Waals surface area contributed by atoms with Crippen molar-refractivity contribution in [2.75, 3.05) is 12.8 Å². The summed E-state index contributed by atoms with van der Waals surface area (Å²) in [4.78, 5) is 12.0. The highest BCUT2D eigenvalue weighted by atomic mass is 35.5. The van der Waals surface area contributed by atoms with Gasteiger partial charge in [0.15, 0.2) is 0 Å². The molecule has 1 aromatic carbocycles. The molecule has 0 aliphatic carbocycles. The van der Waals surface area contributed by atoms with E-state index in [0.717, 1.165) is 22.1 Å². The van der Waals surface area contributed by atoms with Crippen LogP contribution in [0.25, 0.3) is 10.1 Å². The normalized spacial score (nSPS) is 14.0. The zero-order valence-corrected chi connectivity index (χ0v) is 14.4. The van der Waals surface area contributed by atoms with E-state index in [-0.39, 0.29) is 11.2 Å². The lowest BCUT2D eigenvalue weighted by Gasteiger charge is -2.09. The molecule has 1 heterocycles. The first-order valence-corrected chi connectivity index (χ1v) is 9.60. The number of rotatable bonds is 6. The lowest BCUT2D eigenvalue weighted by Crippen LogP contribution is -2.28. The van der Waals surface area contributed by atoms with Crippen molar-refractivity contribution in [3.63, 3.8) is 0 Å². The third-order valence-electron chi connectivity index (χ3n) is 3.41. The lowest BCUT2D eigenvalue weighted by atomic mass is 10.1. The third kappa shape index (κ3) is 4.53. The van der Waals surface area contributed by atoms with Gasteiger partial charge in [0.05, 0.1) is 6.42 Å². The van der Waals surface area contributed by atoms with E-state index in [0.29, 0.717) is 18.0 Å². The molecule has 1 N–H and O–H groups in total. The molecule has 114 valence electrons. The van der Waals surface area contributed by atoms with Crippen LogP contribution < -0.4 is 5.32 Å². The molecule has 1 amide bonds. The van der Waals surface area contributed by atoms with Gasteiger partial charge in [-0.25, -0.2) is 0 Å². The van der Waals surface area contributed by atoms with Crippen LogP contribution in [-0.2, 0) is 22.0 Å². The summed E-state index contributed by atoms with van der Waals surface area (Å²) in [5, 5.41) is 6.72. The summed E-state index contributed by atoms with van der Waals surface area (Å²) in [5.41, 5.74) is 1.00. The first-order chi connectivity index (χ1) is 9.97. The molecule has 0 saturated heterocycles. The van der Waals surface area contributed by atoms with E-state index in [9.17, 15) is 9.00 Å². The van der Waals surface area contributed by atoms with E-state index in [1.54, 1.807) is 17.6 Å². The molecule has 0 spiro atoms. The molecule has 1 aromatic heterocycles. The van der Waals surface area contributed by atoms with Gasteiger partial charge in [-0.15, -0.1) is 11.3 Å². The highest BCUT2D eigenvalue weighted by Gasteiger charge is 2.11. The molecule has 2 atom stereocenters. The Hall–Kier alpha value is -0.910. The summed E-state index contributed by atoms with van der Waals surface area (Å²) in [6, 6.07) is 5.73. The average Bonchev–Trinajstić information content (AvgIpc) is 2.81. The molecule has 3 nitrogen and oxygen atoms in total. The molecular weight excluding hydrogens is 326 g/mol. The Bertz CT molecular complexity index is 669. The average molecular weight is 344 g/mol. The number of carbonyl (C=O) groups excluding carboxylic acids is 1. The van der Waals surface area contributed by atoms with Crippen molar-refractivity contribution in [2.24, 2.45) is 0 Å². The summed E-state index contributed by atoms with van der Waals surface area (Å²) in [5.74, 6) is -0.0104. The van der Waals surface area contributed by atoms with Crippen LogP contribution in [0.15, 0.2) is 23.6 Å². The highest BCUT2D eigenvalue weighted by molar-refractivity contribution is 7.84. The maximum Gasteiger partial charge on any atom is 0.224 e. The summed E-state index contributed by atoms with van der Waals surface area (Å²) in [6.45, 7) is 2.49. The molecular formula is C15H18ClNO2S2. The van der Waals surface area contributed by atoms with E-state index < -0.39 is 10.8 Å². The zero-order chi connectivity index (χ0) is 15.4. The second-order valence-corrected chi connectivity index (χ2v) is 8.18. The summed E-state index contributed by atoms with van der Waals surface area (Å²) in [7, 11) is -0.842. The number of benzene rings is 1. The van der Waals surface area contributed by atoms with Crippen LogP contribution in [0.3, 0.4) is 0 Å². The van der Waals surface area contributed by atoms with Crippen LogP contribution >= 0.6 is 22.9 Å². The number of fused-ring (bicyclic) bond motifs is 1.